The van der Waals surface area contributed by atoms with Crippen LogP contribution in [0.4, 0.5) is 5.69 Å². The molecule has 7 heteroatoms. The van der Waals surface area contributed by atoms with Crippen molar-refractivity contribution in [1.82, 2.24) is 0 Å². The summed E-state index contributed by atoms with van der Waals surface area (Å²) >= 11 is 0. The highest BCUT2D eigenvalue weighted by Gasteiger charge is 2.18. The standard InChI is InChI=1S/C26H19NO6/c28-24(29)18-5-1-16(2-6-18)21-13-22(17-3-7-19(8-4-17)25(30)31)15-27(14-21)23-11-9-20(10-12-23)26(32)33/h1-14H,15H2,(H,28,29)(H,30,31)(H,32,33). The number of nitrogens with zero attached hydrogens (tertiary/aromatic N) is 1. The summed E-state index contributed by atoms with van der Waals surface area (Å²) < 4.78 is 0. The topological polar surface area (TPSA) is 115 Å². The van der Waals surface area contributed by atoms with Gasteiger partial charge in [-0.2, -0.15) is 0 Å². The summed E-state index contributed by atoms with van der Waals surface area (Å²) in [6, 6.07) is 19.6. The van der Waals surface area contributed by atoms with Gasteiger partial charge in [0, 0.05) is 18.4 Å². The smallest absolute Gasteiger partial charge is 0.335 e. The molecule has 33 heavy (non-hydrogen) atoms. The van der Waals surface area contributed by atoms with Gasteiger partial charge in [0.05, 0.1) is 16.7 Å². The van der Waals surface area contributed by atoms with Crippen LogP contribution in [0.3, 0.4) is 0 Å². The van der Waals surface area contributed by atoms with Crippen molar-refractivity contribution in [2.75, 3.05) is 11.4 Å². The van der Waals surface area contributed by atoms with E-state index in [1.165, 1.54) is 24.3 Å². The predicted molar refractivity (Wildman–Crippen MR) is 124 cm³/mol. The Morgan fingerprint density at radius 1 is 0.606 bits per heavy atom. The first-order chi connectivity index (χ1) is 15.8. The molecule has 0 saturated heterocycles. The molecule has 3 aromatic carbocycles. The fourth-order valence-electron chi connectivity index (χ4n) is 3.59. The molecule has 1 heterocycles. The van der Waals surface area contributed by atoms with E-state index in [1.807, 2.05) is 17.2 Å². The second kappa shape index (κ2) is 8.84. The predicted octanol–water partition coefficient (Wildman–Crippen LogP) is 4.73. The van der Waals surface area contributed by atoms with Crippen molar-refractivity contribution in [2.45, 2.75) is 0 Å². The van der Waals surface area contributed by atoms with Crippen LogP contribution in [0.25, 0.3) is 11.1 Å². The van der Waals surface area contributed by atoms with E-state index >= 15 is 0 Å². The first-order valence-corrected chi connectivity index (χ1v) is 10.0. The third-order valence-corrected chi connectivity index (χ3v) is 5.38. The number of allylic oxidation sites excluding steroid dienone is 2. The van der Waals surface area contributed by atoms with E-state index in [2.05, 4.69) is 0 Å². The monoisotopic (exact) mass is 441 g/mol. The normalized spacial score (nSPS) is 13.2. The van der Waals surface area contributed by atoms with E-state index in [1.54, 1.807) is 48.5 Å². The molecule has 0 aliphatic carbocycles. The molecule has 0 bridgehead atoms. The molecule has 0 atom stereocenters. The number of aromatic carboxylic acids is 3. The largest absolute Gasteiger partial charge is 0.478 e. The highest BCUT2D eigenvalue weighted by molar-refractivity contribution is 5.93. The summed E-state index contributed by atoms with van der Waals surface area (Å²) in [5.41, 5.74) is 4.76. The average molecular weight is 441 g/mol. The molecule has 0 saturated carbocycles. The van der Waals surface area contributed by atoms with Crippen LogP contribution in [0.2, 0.25) is 0 Å². The zero-order chi connectivity index (χ0) is 23.5. The highest BCUT2D eigenvalue weighted by Crippen LogP contribution is 2.32. The van der Waals surface area contributed by atoms with Crippen LogP contribution in [0, 0.1) is 0 Å². The van der Waals surface area contributed by atoms with Gasteiger partial charge in [-0.05, 0) is 76.9 Å². The maximum absolute atomic E-state index is 11.2. The van der Waals surface area contributed by atoms with Gasteiger partial charge in [0.2, 0.25) is 0 Å². The van der Waals surface area contributed by atoms with Gasteiger partial charge in [-0.25, -0.2) is 14.4 Å². The quantitative estimate of drug-likeness (QED) is 0.507. The Kier molecular flexibility index (Phi) is 5.78. The molecule has 0 spiro atoms. The Morgan fingerprint density at radius 2 is 1.03 bits per heavy atom. The Balaban J connectivity index is 1.74. The van der Waals surface area contributed by atoms with E-state index in [-0.39, 0.29) is 16.7 Å². The van der Waals surface area contributed by atoms with Gasteiger partial charge in [-0.15, -0.1) is 0 Å². The molecular weight excluding hydrogens is 422 g/mol. The molecule has 1 aliphatic rings. The fraction of sp³-hybridized carbons (Fsp3) is 0.0385. The lowest BCUT2D eigenvalue weighted by molar-refractivity contribution is 0.0686. The summed E-state index contributed by atoms with van der Waals surface area (Å²) in [7, 11) is 0. The molecule has 1 aliphatic heterocycles. The number of hydrogen-bond donors (Lipinski definition) is 3. The van der Waals surface area contributed by atoms with Crippen molar-refractivity contribution in [3.63, 3.8) is 0 Å². The summed E-state index contributed by atoms with van der Waals surface area (Å²) in [5.74, 6) is -3.01. The summed E-state index contributed by atoms with van der Waals surface area (Å²) in [6.45, 7) is 0.482. The Bertz CT molecular complexity index is 1290. The third-order valence-electron chi connectivity index (χ3n) is 5.38. The maximum Gasteiger partial charge on any atom is 0.335 e. The molecule has 4 rings (SSSR count). The number of benzene rings is 3. The van der Waals surface area contributed by atoms with Crippen molar-refractivity contribution in [3.8, 4) is 0 Å². The molecule has 0 radical (unpaired) electrons. The van der Waals surface area contributed by atoms with Crippen LogP contribution < -0.4 is 4.90 Å². The Hall–Kier alpha value is -4.65. The van der Waals surface area contributed by atoms with Crippen molar-refractivity contribution in [3.05, 3.63) is 113 Å². The second-order valence-corrected chi connectivity index (χ2v) is 7.50. The van der Waals surface area contributed by atoms with Crippen LogP contribution in [0.1, 0.15) is 42.2 Å². The minimum Gasteiger partial charge on any atom is -0.478 e. The van der Waals surface area contributed by atoms with E-state index in [0.717, 1.165) is 28.0 Å². The zero-order valence-electron chi connectivity index (χ0n) is 17.3. The van der Waals surface area contributed by atoms with Crippen LogP contribution in [0.15, 0.2) is 85.1 Å². The van der Waals surface area contributed by atoms with Gasteiger partial charge < -0.3 is 20.2 Å². The first-order valence-electron chi connectivity index (χ1n) is 10.0. The van der Waals surface area contributed by atoms with Gasteiger partial charge in [-0.3, -0.25) is 0 Å². The number of rotatable bonds is 6. The van der Waals surface area contributed by atoms with Gasteiger partial charge in [-0.1, -0.05) is 24.3 Å². The average Bonchev–Trinajstić information content (AvgIpc) is 2.84. The van der Waals surface area contributed by atoms with Gasteiger partial charge in [0.1, 0.15) is 0 Å². The fourth-order valence-corrected chi connectivity index (χ4v) is 3.59. The van der Waals surface area contributed by atoms with Crippen molar-refractivity contribution in [1.29, 1.82) is 0 Å². The minimum absolute atomic E-state index is 0.184. The number of carbonyl (C=O) groups is 3. The van der Waals surface area contributed by atoms with E-state index in [9.17, 15) is 29.7 Å². The Morgan fingerprint density at radius 3 is 1.48 bits per heavy atom. The Labute approximate surface area is 189 Å². The van der Waals surface area contributed by atoms with Gasteiger partial charge in [0.25, 0.3) is 0 Å². The highest BCUT2D eigenvalue weighted by atomic mass is 16.4. The van der Waals surface area contributed by atoms with Crippen molar-refractivity contribution >= 4 is 34.7 Å². The molecule has 0 fully saturated rings. The number of hydrogen-bond acceptors (Lipinski definition) is 4. The summed E-state index contributed by atoms with van der Waals surface area (Å²) in [4.78, 5) is 35.6. The van der Waals surface area contributed by atoms with Crippen LogP contribution in [-0.2, 0) is 0 Å². The SMILES string of the molecule is O=C(O)c1ccc(C2=CN(c3ccc(C(=O)O)cc3)CC(c3ccc(C(=O)O)cc3)=C2)cc1. The third kappa shape index (κ3) is 4.67. The van der Waals surface area contributed by atoms with Gasteiger partial charge >= 0.3 is 17.9 Å². The molecule has 3 N–H and O–H groups in total. The summed E-state index contributed by atoms with van der Waals surface area (Å²) in [5, 5.41) is 27.5. The van der Waals surface area contributed by atoms with Gasteiger partial charge in [0.15, 0.2) is 0 Å². The molecule has 0 aromatic heterocycles. The van der Waals surface area contributed by atoms with E-state index in [0.29, 0.717) is 6.54 Å². The van der Waals surface area contributed by atoms with E-state index < -0.39 is 17.9 Å². The molecule has 7 nitrogen and oxygen atoms in total. The lowest BCUT2D eigenvalue weighted by Gasteiger charge is -2.28. The molecule has 3 aromatic rings. The number of anilines is 1. The zero-order valence-corrected chi connectivity index (χ0v) is 17.3. The van der Waals surface area contributed by atoms with Crippen LogP contribution in [-0.4, -0.2) is 39.8 Å². The molecule has 164 valence electrons. The van der Waals surface area contributed by atoms with Crippen molar-refractivity contribution < 1.29 is 29.7 Å². The lowest BCUT2D eigenvalue weighted by Crippen LogP contribution is -2.22. The maximum atomic E-state index is 11.2. The molecule has 0 unspecified atom stereocenters. The minimum atomic E-state index is -1.01. The molecule has 0 amide bonds. The number of carboxylic acids is 3. The summed E-state index contributed by atoms with van der Waals surface area (Å²) in [6.07, 6.45) is 3.90. The van der Waals surface area contributed by atoms with Crippen LogP contribution in [0.5, 0.6) is 0 Å². The number of carboxylic acid groups (broad SMARTS) is 3. The molecular formula is C26H19NO6. The van der Waals surface area contributed by atoms with E-state index in [4.69, 9.17) is 0 Å². The first kappa shape index (κ1) is 21.6. The second-order valence-electron chi connectivity index (χ2n) is 7.50. The lowest BCUT2D eigenvalue weighted by atomic mass is 9.95. The van der Waals surface area contributed by atoms with Crippen molar-refractivity contribution in [2.24, 2.45) is 0 Å². The van der Waals surface area contributed by atoms with Crippen LogP contribution >= 0.6 is 0 Å².